The predicted octanol–water partition coefficient (Wildman–Crippen LogP) is 2.45. The van der Waals surface area contributed by atoms with Crippen molar-refractivity contribution in [1.82, 2.24) is 0 Å². The zero-order chi connectivity index (χ0) is 5.91. The molecule has 0 spiro atoms. The van der Waals surface area contributed by atoms with Crippen LogP contribution >= 0.6 is 35.0 Å². The standard InChI is InChI=1S/C3H5Cl2FS/c1-7-2-3(4,5)6/h2H2,1H3. The molecule has 0 rings (SSSR count). The summed E-state index contributed by atoms with van der Waals surface area (Å²) in [6.45, 7) is 0. The van der Waals surface area contributed by atoms with Gasteiger partial charge in [-0.15, -0.1) is 0 Å². The Morgan fingerprint density at radius 3 is 2.14 bits per heavy atom. The Bertz CT molecular complexity index is 51.4. The molecule has 0 fully saturated rings. The number of thioether (sulfide) groups is 1. The van der Waals surface area contributed by atoms with Gasteiger partial charge in [0.05, 0.1) is 5.75 Å². The largest absolute Gasteiger partial charge is 0.266 e. The molecule has 0 amide bonds. The van der Waals surface area contributed by atoms with E-state index in [4.69, 9.17) is 23.2 Å². The van der Waals surface area contributed by atoms with Crippen LogP contribution in [0.3, 0.4) is 0 Å². The van der Waals surface area contributed by atoms with Gasteiger partial charge in [0.25, 0.3) is 4.59 Å². The van der Waals surface area contributed by atoms with Crippen LogP contribution in [-0.2, 0) is 0 Å². The molecule has 0 heterocycles. The lowest BCUT2D eigenvalue weighted by Crippen LogP contribution is -2.05. The highest BCUT2D eigenvalue weighted by Gasteiger charge is 2.19. The molecule has 0 aromatic heterocycles. The first kappa shape index (κ1) is 7.86. The number of halogens is 3. The van der Waals surface area contributed by atoms with Gasteiger partial charge in [-0.1, -0.05) is 23.2 Å². The Morgan fingerprint density at radius 1 is 1.71 bits per heavy atom. The average Bonchev–Trinajstić information content (AvgIpc) is 1.30. The van der Waals surface area contributed by atoms with Crippen molar-refractivity contribution in [3.05, 3.63) is 0 Å². The second kappa shape index (κ2) is 3.00. The molecule has 0 aliphatic carbocycles. The van der Waals surface area contributed by atoms with E-state index in [0.717, 1.165) is 0 Å². The van der Waals surface area contributed by atoms with Gasteiger partial charge in [-0.2, -0.15) is 11.8 Å². The molecule has 0 N–H and O–H groups in total. The average molecular weight is 163 g/mol. The summed E-state index contributed by atoms with van der Waals surface area (Å²) >= 11 is 11.1. The lowest BCUT2D eigenvalue weighted by Gasteiger charge is -2.03. The Hall–Kier alpha value is 0.860. The van der Waals surface area contributed by atoms with Crippen LogP contribution in [0.15, 0.2) is 0 Å². The maximum atomic E-state index is 11.9. The first-order valence-corrected chi connectivity index (χ1v) is 3.77. The lowest BCUT2D eigenvalue weighted by molar-refractivity contribution is 0.430. The third-order valence-electron chi connectivity index (χ3n) is 0.308. The van der Waals surface area contributed by atoms with Gasteiger partial charge >= 0.3 is 0 Å². The molecule has 0 atom stereocenters. The molecular formula is C3H5Cl2FS. The van der Waals surface area contributed by atoms with E-state index >= 15 is 0 Å². The highest BCUT2D eigenvalue weighted by molar-refractivity contribution is 7.98. The summed E-state index contributed by atoms with van der Waals surface area (Å²) in [6, 6.07) is 0. The van der Waals surface area contributed by atoms with Crippen LogP contribution < -0.4 is 0 Å². The number of alkyl halides is 3. The number of rotatable bonds is 2. The minimum Gasteiger partial charge on any atom is -0.207 e. The summed E-state index contributed by atoms with van der Waals surface area (Å²) in [5.41, 5.74) is 0. The normalized spacial score (nSPS) is 12.0. The van der Waals surface area contributed by atoms with Crippen molar-refractivity contribution in [2.75, 3.05) is 12.0 Å². The van der Waals surface area contributed by atoms with Crippen molar-refractivity contribution in [2.45, 2.75) is 4.59 Å². The first-order chi connectivity index (χ1) is 3.06. The molecule has 0 aliphatic rings. The van der Waals surface area contributed by atoms with Crippen molar-refractivity contribution < 1.29 is 4.39 Å². The van der Waals surface area contributed by atoms with Crippen LogP contribution in [0.2, 0.25) is 0 Å². The predicted molar refractivity (Wildman–Crippen MR) is 33.9 cm³/mol. The molecular weight excluding hydrogens is 158 g/mol. The summed E-state index contributed by atoms with van der Waals surface area (Å²) in [7, 11) is 0. The minimum absolute atomic E-state index is 0.121. The van der Waals surface area contributed by atoms with Crippen LogP contribution in [0.25, 0.3) is 0 Å². The summed E-state index contributed by atoms with van der Waals surface area (Å²) in [5, 5.41) is 0. The number of hydrogen-bond donors (Lipinski definition) is 0. The van der Waals surface area contributed by atoms with Gasteiger partial charge in [0.2, 0.25) is 0 Å². The molecule has 7 heavy (non-hydrogen) atoms. The van der Waals surface area contributed by atoms with Crippen LogP contribution in [0.4, 0.5) is 4.39 Å². The van der Waals surface area contributed by atoms with Crippen LogP contribution in [0.1, 0.15) is 0 Å². The second-order valence-corrected chi connectivity index (χ2v) is 3.31. The molecule has 0 aliphatic heterocycles. The highest BCUT2D eigenvalue weighted by Crippen LogP contribution is 2.25. The molecule has 0 saturated heterocycles. The highest BCUT2D eigenvalue weighted by atomic mass is 35.5. The van der Waals surface area contributed by atoms with E-state index in [2.05, 4.69) is 0 Å². The Morgan fingerprint density at radius 2 is 2.14 bits per heavy atom. The Labute approximate surface area is 56.4 Å². The molecule has 0 aromatic carbocycles. The van der Waals surface area contributed by atoms with Gasteiger partial charge in [-0.05, 0) is 6.26 Å². The number of hydrogen-bond acceptors (Lipinski definition) is 1. The first-order valence-electron chi connectivity index (χ1n) is 1.62. The van der Waals surface area contributed by atoms with Gasteiger partial charge in [-0.25, -0.2) is 4.39 Å². The zero-order valence-corrected chi connectivity index (χ0v) is 6.08. The molecule has 0 saturated carbocycles. The van der Waals surface area contributed by atoms with Crippen LogP contribution in [-0.4, -0.2) is 16.6 Å². The van der Waals surface area contributed by atoms with Crippen molar-refractivity contribution in [1.29, 1.82) is 0 Å². The molecule has 0 aromatic rings. The topological polar surface area (TPSA) is 0 Å². The monoisotopic (exact) mass is 162 g/mol. The lowest BCUT2D eigenvalue weighted by atomic mass is 10.9. The summed E-state index contributed by atoms with van der Waals surface area (Å²) in [6.07, 6.45) is 1.74. The third-order valence-corrected chi connectivity index (χ3v) is 1.58. The fourth-order valence-corrected chi connectivity index (χ4v) is 1.15. The van der Waals surface area contributed by atoms with Gasteiger partial charge < -0.3 is 0 Å². The fraction of sp³-hybridized carbons (Fsp3) is 1.00. The Balaban J connectivity index is 3.15. The van der Waals surface area contributed by atoms with Gasteiger partial charge in [-0.3, -0.25) is 0 Å². The van der Waals surface area contributed by atoms with E-state index < -0.39 is 4.59 Å². The van der Waals surface area contributed by atoms with E-state index in [0.29, 0.717) is 0 Å². The molecule has 0 bridgehead atoms. The maximum Gasteiger partial charge on any atom is 0.266 e. The van der Waals surface area contributed by atoms with Crippen molar-refractivity contribution in [3.63, 3.8) is 0 Å². The van der Waals surface area contributed by atoms with Crippen molar-refractivity contribution >= 4 is 35.0 Å². The smallest absolute Gasteiger partial charge is 0.207 e. The molecule has 4 heteroatoms. The van der Waals surface area contributed by atoms with Crippen LogP contribution in [0.5, 0.6) is 0 Å². The van der Waals surface area contributed by atoms with E-state index in [1.165, 1.54) is 11.8 Å². The molecule has 0 nitrogen and oxygen atoms in total. The summed E-state index contributed by atoms with van der Waals surface area (Å²) in [4.78, 5) is 0. The van der Waals surface area contributed by atoms with Crippen molar-refractivity contribution in [2.24, 2.45) is 0 Å². The van der Waals surface area contributed by atoms with Crippen molar-refractivity contribution in [3.8, 4) is 0 Å². The molecule has 0 unspecified atom stereocenters. The zero-order valence-electron chi connectivity index (χ0n) is 3.75. The molecule has 0 radical (unpaired) electrons. The van der Waals surface area contributed by atoms with Gasteiger partial charge in [0.15, 0.2) is 0 Å². The van der Waals surface area contributed by atoms with E-state index in [1.54, 1.807) is 6.26 Å². The fourth-order valence-electron chi connectivity index (χ4n) is 0.164. The van der Waals surface area contributed by atoms with E-state index in [9.17, 15) is 4.39 Å². The van der Waals surface area contributed by atoms with E-state index in [1.807, 2.05) is 0 Å². The van der Waals surface area contributed by atoms with E-state index in [-0.39, 0.29) is 5.75 Å². The van der Waals surface area contributed by atoms with Gasteiger partial charge in [0, 0.05) is 0 Å². The maximum absolute atomic E-state index is 11.9. The third kappa shape index (κ3) is 6.86. The SMILES string of the molecule is CSCC(F)(Cl)Cl. The van der Waals surface area contributed by atoms with Gasteiger partial charge in [0.1, 0.15) is 0 Å². The second-order valence-electron chi connectivity index (χ2n) is 1.05. The Kier molecular flexibility index (Phi) is 3.37. The summed E-state index contributed by atoms with van der Waals surface area (Å²) in [5.74, 6) is 0.121. The van der Waals surface area contributed by atoms with Crippen LogP contribution in [0, 0.1) is 0 Å². The minimum atomic E-state index is -2.04. The quantitative estimate of drug-likeness (QED) is 0.563. The summed E-state index contributed by atoms with van der Waals surface area (Å²) < 4.78 is 9.86. The molecule has 44 valence electrons.